The Labute approximate surface area is 108 Å². The zero-order chi connectivity index (χ0) is 12.4. The van der Waals surface area contributed by atoms with Crippen LogP contribution in [0.2, 0.25) is 0 Å². The molecule has 1 aliphatic carbocycles. The van der Waals surface area contributed by atoms with Crippen LogP contribution in [0.1, 0.15) is 0 Å². The molecule has 1 unspecified atom stereocenters. The summed E-state index contributed by atoms with van der Waals surface area (Å²) < 4.78 is 5.33. The molecule has 0 aromatic carbocycles. The molecule has 90 valence electrons. The minimum absolute atomic E-state index is 0.358. The lowest BCUT2D eigenvalue weighted by atomic mass is 9.96. The number of hydrogen-bond acceptors (Lipinski definition) is 4. The Bertz CT molecular complexity index is 470. The van der Waals surface area contributed by atoms with Crippen LogP contribution in [0.4, 0.5) is 0 Å². The highest BCUT2D eigenvalue weighted by atomic mass is 35.5. The van der Waals surface area contributed by atoms with E-state index in [1.165, 1.54) is 24.9 Å². The van der Waals surface area contributed by atoms with Gasteiger partial charge in [0.2, 0.25) is 5.91 Å². The third kappa shape index (κ3) is 2.41. The molecule has 0 aromatic heterocycles. The van der Waals surface area contributed by atoms with E-state index in [9.17, 15) is 4.79 Å². The first-order valence-corrected chi connectivity index (χ1v) is 6.13. The standard InChI is InChI=1S/C11H11ClN2O2S/c1-16-9-7(10(13)15)4-6(12)5-8(9)11-14-2-3-17-11/h2-5,9,14H,1H3,(H2,13,15). The zero-order valence-corrected chi connectivity index (χ0v) is 10.6. The van der Waals surface area contributed by atoms with E-state index in [1.54, 1.807) is 6.08 Å². The summed E-state index contributed by atoms with van der Waals surface area (Å²) in [5, 5.41) is 6.32. The lowest BCUT2D eigenvalue weighted by Gasteiger charge is -2.23. The number of carbonyl (C=O) groups is 1. The van der Waals surface area contributed by atoms with Gasteiger partial charge in [-0.05, 0) is 17.6 Å². The van der Waals surface area contributed by atoms with E-state index >= 15 is 0 Å². The summed E-state index contributed by atoms with van der Waals surface area (Å²) >= 11 is 7.49. The smallest absolute Gasteiger partial charge is 0.247 e. The third-order valence-corrected chi connectivity index (χ3v) is 3.48. The monoisotopic (exact) mass is 270 g/mol. The summed E-state index contributed by atoms with van der Waals surface area (Å²) in [5.41, 5.74) is 6.48. The number of nitrogens with one attached hydrogen (secondary N) is 1. The SMILES string of the molecule is COC1C(C(N)=O)=CC(Cl)=CC1=C1NC=CS1. The first-order chi connectivity index (χ1) is 8.13. The Hall–Kier alpha value is -1.17. The van der Waals surface area contributed by atoms with Gasteiger partial charge in [0.1, 0.15) is 6.10 Å². The highest BCUT2D eigenvalue weighted by Crippen LogP contribution is 2.33. The number of amides is 1. The molecule has 1 atom stereocenters. The number of halogens is 1. The number of hydrogen-bond donors (Lipinski definition) is 2. The average molecular weight is 271 g/mol. The predicted molar refractivity (Wildman–Crippen MR) is 68.9 cm³/mol. The van der Waals surface area contributed by atoms with Crippen molar-refractivity contribution in [3.05, 3.63) is 45.0 Å². The molecule has 2 aliphatic rings. The van der Waals surface area contributed by atoms with Crippen LogP contribution in [-0.2, 0) is 9.53 Å². The summed E-state index contributed by atoms with van der Waals surface area (Å²) in [7, 11) is 1.53. The number of thioether (sulfide) groups is 1. The molecule has 6 heteroatoms. The highest BCUT2D eigenvalue weighted by molar-refractivity contribution is 8.06. The van der Waals surface area contributed by atoms with Gasteiger partial charge in [0.05, 0.1) is 10.6 Å². The Balaban J connectivity index is 2.44. The van der Waals surface area contributed by atoms with Crippen molar-refractivity contribution in [1.82, 2.24) is 5.32 Å². The molecule has 3 N–H and O–H groups in total. The molecular formula is C11H11ClN2O2S. The number of primary amides is 1. The van der Waals surface area contributed by atoms with E-state index in [2.05, 4.69) is 5.32 Å². The molecule has 1 aliphatic heterocycles. The first-order valence-electron chi connectivity index (χ1n) is 4.87. The van der Waals surface area contributed by atoms with Crippen LogP contribution < -0.4 is 11.1 Å². The molecule has 1 amide bonds. The maximum absolute atomic E-state index is 11.4. The maximum Gasteiger partial charge on any atom is 0.247 e. The second kappa shape index (κ2) is 5.00. The number of ether oxygens (including phenoxy) is 1. The van der Waals surface area contributed by atoms with Crippen molar-refractivity contribution in [2.45, 2.75) is 6.10 Å². The van der Waals surface area contributed by atoms with Crippen LogP contribution >= 0.6 is 23.4 Å². The van der Waals surface area contributed by atoms with Crippen LogP contribution in [0, 0.1) is 0 Å². The topological polar surface area (TPSA) is 64.3 Å². The van der Waals surface area contributed by atoms with Gasteiger partial charge in [0.25, 0.3) is 0 Å². The fourth-order valence-corrected chi connectivity index (χ4v) is 2.64. The molecule has 4 nitrogen and oxygen atoms in total. The van der Waals surface area contributed by atoms with Crippen LogP contribution in [-0.4, -0.2) is 19.1 Å². The first kappa shape index (κ1) is 12.3. The molecule has 1 heterocycles. The van der Waals surface area contributed by atoms with E-state index in [1.807, 2.05) is 11.6 Å². The molecule has 0 spiro atoms. The van der Waals surface area contributed by atoms with Gasteiger partial charge in [0.15, 0.2) is 0 Å². The number of allylic oxidation sites excluding steroid dienone is 2. The zero-order valence-electron chi connectivity index (χ0n) is 9.07. The number of carbonyl (C=O) groups excluding carboxylic acids is 1. The van der Waals surface area contributed by atoms with Gasteiger partial charge in [-0.2, -0.15) is 0 Å². The highest BCUT2D eigenvalue weighted by Gasteiger charge is 2.28. The maximum atomic E-state index is 11.4. The second-order valence-corrected chi connectivity index (χ2v) is 4.81. The van der Waals surface area contributed by atoms with E-state index in [0.717, 1.165) is 10.6 Å². The number of methoxy groups -OCH3 is 1. The molecule has 0 saturated heterocycles. The fraction of sp³-hybridized carbons (Fsp3) is 0.182. The summed E-state index contributed by atoms with van der Waals surface area (Å²) in [5.74, 6) is -0.530. The minimum atomic E-state index is -0.530. The fourth-order valence-electron chi connectivity index (χ4n) is 1.69. The average Bonchev–Trinajstić information content (AvgIpc) is 2.81. The van der Waals surface area contributed by atoms with Crippen molar-refractivity contribution in [3.8, 4) is 0 Å². The van der Waals surface area contributed by atoms with Crippen molar-refractivity contribution in [2.24, 2.45) is 5.73 Å². The number of rotatable bonds is 2. The summed E-state index contributed by atoms with van der Waals surface area (Å²) in [6, 6.07) is 0. The summed E-state index contributed by atoms with van der Waals surface area (Å²) in [4.78, 5) is 11.4. The van der Waals surface area contributed by atoms with E-state index in [0.29, 0.717) is 10.6 Å². The summed E-state index contributed by atoms with van der Waals surface area (Å²) in [6.07, 6.45) is 4.63. The number of nitrogens with two attached hydrogens (primary N) is 1. The van der Waals surface area contributed by atoms with Gasteiger partial charge in [0, 0.05) is 23.9 Å². The largest absolute Gasteiger partial charge is 0.372 e. The van der Waals surface area contributed by atoms with Crippen molar-refractivity contribution < 1.29 is 9.53 Å². The lowest BCUT2D eigenvalue weighted by molar-refractivity contribution is -0.115. The van der Waals surface area contributed by atoms with E-state index in [-0.39, 0.29) is 0 Å². The molecule has 0 radical (unpaired) electrons. The van der Waals surface area contributed by atoms with Crippen LogP contribution in [0.25, 0.3) is 0 Å². The normalized spacial score (nSPS) is 27.5. The van der Waals surface area contributed by atoms with Crippen LogP contribution in [0.3, 0.4) is 0 Å². The third-order valence-electron chi connectivity index (χ3n) is 2.40. The van der Waals surface area contributed by atoms with Gasteiger partial charge < -0.3 is 15.8 Å². The Kier molecular flexibility index (Phi) is 3.61. The van der Waals surface area contributed by atoms with Crippen LogP contribution in [0.5, 0.6) is 0 Å². The quantitative estimate of drug-likeness (QED) is 0.799. The minimum Gasteiger partial charge on any atom is -0.372 e. The van der Waals surface area contributed by atoms with Gasteiger partial charge >= 0.3 is 0 Å². The lowest BCUT2D eigenvalue weighted by Crippen LogP contribution is -2.30. The van der Waals surface area contributed by atoms with Crippen molar-refractivity contribution in [2.75, 3.05) is 7.11 Å². The van der Waals surface area contributed by atoms with E-state index in [4.69, 9.17) is 22.1 Å². The molecule has 0 saturated carbocycles. The van der Waals surface area contributed by atoms with Gasteiger partial charge in [-0.25, -0.2) is 0 Å². The Morgan fingerprint density at radius 1 is 1.59 bits per heavy atom. The molecule has 2 rings (SSSR count). The van der Waals surface area contributed by atoms with Gasteiger partial charge in [-0.1, -0.05) is 23.4 Å². The van der Waals surface area contributed by atoms with Crippen molar-refractivity contribution in [1.29, 1.82) is 0 Å². The van der Waals surface area contributed by atoms with Gasteiger partial charge in [-0.3, -0.25) is 4.79 Å². The Morgan fingerprint density at radius 2 is 2.35 bits per heavy atom. The molecular weight excluding hydrogens is 260 g/mol. The van der Waals surface area contributed by atoms with Crippen LogP contribution in [0.15, 0.2) is 45.0 Å². The van der Waals surface area contributed by atoms with Crippen molar-refractivity contribution in [3.63, 3.8) is 0 Å². The van der Waals surface area contributed by atoms with Gasteiger partial charge in [-0.15, -0.1) is 0 Å². The molecule has 0 aromatic rings. The molecule has 0 fully saturated rings. The molecule has 17 heavy (non-hydrogen) atoms. The van der Waals surface area contributed by atoms with E-state index < -0.39 is 12.0 Å². The second-order valence-electron chi connectivity index (χ2n) is 3.46. The Morgan fingerprint density at radius 3 is 2.88 bits per heavy atom. The summed E-state index contributed by atoms with van der Waals surface area (Å²) in [6.45, 7) is 0. The predicted octanol–water partition coefficient (Wildman–Crippen LogP) is 1.57. The molecule has 0 bridgehead atoms. The van der Waals surface area contributed by atoms with Crippen molar-refractivity contribution >= 4 is 29.3 Å².